The first-order valence-electron chi connectivity index (χ1n) is 9.67. The highest BCUT2D eigenvalue weighted by Crippen LogP contribution is 2.30. The molecule has 7 nitrogen and oxygen atoms in total. The van der Waals surface area contributed by atoms with Crippen LogP contribution < -0.4 is 10.3 Å². The minimum Gasteiger partial charge on any atom is -0.464 e. The van der Waals surface area contributed by atoms with Crippen LogP contribution >= 0.6 is 11.3 Å². The molecule has 0 aliphatic carbocycles. The number of carbonyl (C=O) groups is 1. The van der Waals surface area contributed by atoms with Crippen LogP contribution in [0.25, 0.3) is 21.5 Å². The standard InChI is InChI=1S/C20H19F4N3O4S/c1-3-4-5-6-31-17(29)10-27-13-7-11(12(21)8-15(13)32-19(27)30)18-14(28)9-16(20(22,23)24)26(2)25-18/h7-9H,3-6,10H2,1-2H3. The first-order chi connectivity index (χ1) is 15.0. The van der Waals surface area contributed by atoms with Crippen molar-refractivity contribution in [3.63, 3.8) is 0 Å². The van der Waals surface area contributed by atoms with Crippen LogP contribution in [0.2, 0.25) is 0 Å². The highest BCUT2D eigenvalue weighted by atomic mass is 32.1. The van der Waals surface area contributed by atoms with Crippen molar-refractivity contribution in [2.45, 2.75) is 38.9 Å². The summed E-state index contributed by atoms with van der Waals surface area (Å²) in [6.07, 6.45) is -2.31. The van der Waals surface area contributed by atoms with Gasteiger partial charge in [0.25, 0.3) is 0 Å². The lowest BCUT2D eigenvalue weighted by Crippen LogP contribution is -2.23. The van der Waals surface area contributed by atoms with Crippen molar-refractivity contribution >= 4 is 27.5 Å². The smallest absolute Gasteiger partial charge is 0.433 e. The molecule has 0 spiro atoms. The zero-order chi connectivity index (χ0) is 23.6. The lowest BCUT2D eigenvalue weighted by Gasteiger charge is -2.12. The van der Waals surface area contributed by atoms with Crippen molar-refractivity contribution in [1.29, 1.82) is 0 Å². The second-order valence-corrected chi connectivity index (χ2v) is 8.04. The lowest BCUT2D eigenvalue weighted by atomic mass is 10.1. The Morgan fingerprint density at radius 3 is 2.56 bits per heavy atom. The summed E-state index contributed by atoms with van der Waals surface area (Å²) in [5.74, 6) is -1.59. The van der Waals surface area contributed by atoms with Gasteiger partial charge in [-0.2, -0.15) is 18.3 Å². The molecule has 0 atom stereocenters. The molecule has 0 aliphatic rings. The number of nitrogens with zero attached hydrogens (tertiary/aromatic N) is 3. The zero-order valence-corrected chi connectivity index (χ0v) is 18.0. The molecule has 0 radical (unpaired) electrons. The normalized spacial score (nSPS) is 11.8. The average molecular weight is 473 g/mol. The number of alkyl halides is 3. The highest BCUT2D eigenvalue weighted by Gasteiger charge is 2.34. The summed E-state index contributed by atoms with van der Waals surface area (Å²) in [6, 6.07) is 2.45. The van der Waals surface area contributed by atoms with Gasteiger partial charge in [-0.15, -0.1) is 0 Å². The molecule has 0 fully saturated rings. The number of aromatic nitrogens is 3. The van der Waals surface area contributed by atoms with E-state index in [1.54, 1.807) is 0 Å². The maximum absolute atomic E-state index is 14.7. The Kier molecular flexibility index (Phi) is 6.82. The summed E-state index contributed by atoms with van der Waals surface area (Å²) in [6.45, 7) is 1.78. The molecule has 32 heavy (non-hydrogen) atoms. The van der Waals surface area contributed by atoms with Gasteiger partial charge in [0.1, 0.15) is 23.7 Å². The fourth-order valence-corrected chi connectivity index (χ4v) is 4.02. The molecule has 3 rings (SSSR count). The van der Waals surface area contributed by atoms with Crippen molar-refractivity contribution in [2.24, 2.45) is 7.05 Å². The number of benzene rings is 1. The van der Waals surface area contributed by atoms with E-state index in [-0.39, 0.29) is 22.4 Å². The molecule has 0 aliphatic heterocycles. The highest BCUT2D eigenvalue weighted by molar-refractivity contribution is 7.16. The number of thiazole rings is 1. The number of hydrogen-bond donors (Lipinski definition) is 0. The molecule has 0 saturated heterocycles. The molecule has 0 N–H and O–H groups in total. The molecule has 2 aromatic heterocycles. The number of unbranched alkanes of at least 4 members (excludes halogenated alkanes) is 2. The van der Waals surface area contributed by atoms with E-state index in [0.29, 0.717) is 28.5 Å². The number of carbonyl (C=O) groups excluding carboxylic acids is 1. The van der Waals surface area contributed by atoms with Crippen LogP contribution in [0.4, 0.5) is 17.6 Å². The molecular weight excluding hydrogens is 454 g/mol. The van der Waals surface area contributed by atoms with Gasteiger partial charge in [0.05, 0.1) is 16.8 Å². The van der Waals surface area contributed by atoms with Crippen molar-refractivity contribution in [2.75, 3.05) is 6.61 Å². The van der Waals surface area contributed by atoms with E-state index >= 15 is 0 Å². The Labute approximate surface area is 182 Å². The van der Waals surface area contributed by atoms with Crippen LogP contribution in [-0.2, 0) is 29.3 Å². The molecule has 0 saturated carbocycles. The minimum atomic E-state index is -4.81. The van der Waals surface area contributed by atoms with Crippen LogP contribution in [0.15, 0.2) is 27.8 Å². The van der Waals surface area contributed by atoms with Crippen molar-refractivity contribution in [3.8, 4) is 11.3 Å². The van der Waals surface area contributed by atoms with Crippen LogP contribution in [0.3, 0.4) is 0 Å². The van der Waals surface area contributed by atoms with Crippen molar-refractivity contribution in [3.05, 3.63) is 49.6 Å². The fourth-order valence-electron chi connectivity index (χ4n) is 3.12. The van der Waals surface area contributed by atoms with Crippen LogP contribution in [-0.4, -0.2) is 26.9 Å². The Morgan fingerprint density at radius 2 is 1.91 bits per heavy atom. The summed E-state index contributed by atoms with van der Waals surface area (Å²) in [5, 5.41) is 3.60. The number of aryl methyl sites for hydroxylation is 1. The van der Waals surface area contributed by atoms with E-state index in [1.807, 2.05) is 6.92 Å². The van der Waals surface area contributed by atoms with Gasteiger partial charge in [-0.3, -0.25) is 23.6 Å². The number of hydrogen-bond acceptors (Lipinski definition) is 6. The quantitative estimate of drug-likeness (QED) is 0.297. The Morgan fingerprint density at radius 1 is 1.19 bits per heavy atom. The third-order valence-corrected chi connectivity index (χ3v) is 5.64. The van der Waals surface area contributed by atoms with E-state index in [2.05, 4.69) is 5.10 Å². The molecule has 0 unspecified atom stereocenters. The predicted molar refractivity (Wildman–Crippen MR) is 110 cm³/mol. The molecule has 172 valence electrons. The number of fused-ring (bicyclic) bond motifs is 1. The van der Waals surface area contributed by atoms with Gasteiger partial charge >= 0.3 is 17.0 Å². The summed E-state index contributed by atoms with van der Waals surface area (Å²) in [5.41, 5.74) is -3.20. The molecular formula is C20H19F4N3O4S. The van der Waals surface area contributed by atoms with Crippen LogP contribution in [0.1, 0.15) is 31.9 Å². The van der Waals surface area contributed by atoms with E-state index < -0.39 is 46.2 Å². The number of rotatable bonds is 7. The maximum atomic E-state index is 14.7. The van der Waals surface area contributed by atoms with Gasteiger partial charge < -0.3 is 4.74 Å². The first-order valence-corrected chi connectivity index (χ1v) is 10.5. The SMILES string of the molecule is CCCCCOC(=O)Cn1c(=O)sc2cc(F)c(-c3nn(C)c(C(F)(F)F)cc3=O)cc21. The fraction of sp³-hybridized carbons (Fsp3) is 0.400. The van der Waals surface area contributed by atoms with E-state index in [4.69, 9.17) is 4.74 Å². The number of halogens is 4. The van der Waals surface area contributed by atoms with Crippen molar-refractivity contribution < 1.29 is 27.1 Å². The molecule has 12 heteroatoms. The predicted octanol–water partition coefficient (Wildman–Crippen LogP) is 3.72. The van der Waals surface area contributed by atoms with Gasteiger partial charge in [0.15, 0.2) is 0 Å². The van der Waals surface area contributed by atoms with Crippen LogP contribution in [0.5, 0.6) is 0 Å². The molecule has 1 aromatic carbocycles. The Balaban J connectivity index is 2.02. The van der Waals surface area contributed by atoms with Crippen molar-refractivity contribution in [1.82, 2.24) is 14.3 Å². The number of esters is 1. The topological polar surface area (TPSA) is 83.2 Å². The molecule has 2 heterocycles. The maximum Gasteiger partial charge on any atom is 0.433 e. The van der Waals surface area contributed by atoms with E-state index in [0.717, 1.165) is 36.6 Å². The van der Waals surface area contributed by atoms with Crippen LogP contribution in [0, 0.1) is 5.82 Å². The van der Waals surface area contributed by atoms with E-state index in [1.165, 1.54) is 0 Å². The minimum absolute atomic E-state index is 0.144. The summed E-state index contributed by atoms with van der Waals surface area (Å²) in [4.78, 5) is 36.2. The lowest BCUT2D eigenvalue weighted by molar-refractivity contribution is -0.145. The second kappa shape index (κ2) is 9.23. The van der Waals surface area contributed by atoms with Gasteiger partial charge in [-0.1, -0.05) is 31.1 Å². The Bertz CT molecular complexity index is 1280. The Hall–Kier alpha value is -3.02. The second-order valence-electron chi connectivity index (χ2n) is 7.05. The van der Waals surface area contributed by atoms with Gasteiger partial charge in [-0.05, 0) is 18.6 Å². The first kappa shape index (κ1) is 23.6. The number of ether oxygens (including phenoxy) is 1. The molecule has 0 bridgehead atoms. The summed E-state index contributed by atoms with van der Waals surface area (Å²) in [7, 11) is 0.983. The summed E-state index contributed by atoms with van der Waals surface area (Å²) >= 11 is 0.691. The molecule has 0 amide bonds. The third kappa shape index (κ3) is 4.90. The van der Waals surface area contributed by atoms with E-state index in [9.17, 15) is 31.9 Å². The van der Waals surface area contributed by atoms with Gasteiger partial charge in [-0.25, -0.2) is 4.39 Å². The molecule has 3 aromatic rings. The monoisotopic (exact) mass is 473 g/mol. The largest absolute Gasteiger partial charge is 0.464 e. The zero-order valence-electron chi connectivity index (χ0n) is 17.2. The van der Waals surface area contributed by atoms with Gasteiger partial charge in [0.2, 0.25) is 5.43 Å². The third-order valence-electron chi connectivity index (χ3n) is 4.70. The van der Waals surface area contributed by atoms with Gasteiger partial charge in [0, 0.05) is 18.7 Å². The summed E-state index contributed by atoms with van der Waals surface area (Å²) < 4.78 is 60.5. The average Bonchev–Trinajstić information content (AvgIpc) is 2.99.